The highest BCUT2D eigenvalue weighted by molar-refractivity contribution is 7.93. The van der Waals surface area contributed by atoms with E-state index in [0.717, 1.165) is 35.2 Å². The van der Waals surface area contributed by atoms with Crippen molar-refractivity contribution in [3.63, 3.8) is 0 Å². The second-order valence-corrected chi connectivity index (χ2v) is 14.1. The number of para-hydroxylation sites is 1. The first-order chi connectivity index (χ1) is 18.5. The molecule has 1 fully saturated rings. The molecule has 1 aromatic carbocycles. The summed E-state index contributed by atoms with van der Waals surface area (Å²) in [5.41, 5.74) is 1.08. The molecule has 0 aliphatic heterocycles. The number of likely N-dealkylation sites (N-methyl/N-ethyl adjacent to an activating group) is 1. The number of amides is 1. The Labute approximate surface area is 234 Å². The third kappa shape index (κ3) is 4.87. The number of aliphatic hydroxyl groups is 1. The van der Waals surface area contributed by atoms with Crippen molar-refractivity contribution in [1.29, 1.82) is 0 Å². The number of anilines is 1. The highest BCUT2D eigenvalue weighted by Crippen LogP contribution is 2.57. The molecule has 0 spiro atoms. The van der Waals surface area contributed by atoms with Gasteiger partial charge in [-0.3, -0.25) is 14.5 Å². The van der Waals surface area contributed by atoms with Gasteiger partial charge in [0.25, 0.3) is 10.0 Å². The number of carbonyl (C=O) groups excluding carboxylic acids is 1. The van der Waals surface area contributed by atoms with E-state index < -0.39 is 16.1 Å². The fraction of sp³-hybridized carbons (Fsp3) is 0.483. The molecule has 208 valence electrons. The lowest BCUT2D eigenvalue weighted by Gasteiger charge is -2.53. The Balaban J connectivity index is 1.41. The van der Waals surface area contributed by atoms with E-state index in [2.05, 4.69) is 30.1 Å². The molecule has 1 amide bonds. The number of fused-ring (bicyclic) bond motifs is 3. The van der Waals surface area contributed by atoms with E-state index in [4.69, 9.17) is 4.98 Å². The molecule has 2 heterocycles. The molecule has 1 saturated carbocycles. The lowest BCUT2D eigenvalue weighted by Crippen LogP contribution is -2.53. The number of hydrogen-bond acceptors (Lipinski definition) is 7. The lowest BCUT2D eigenvalue weighted by molar-refractivity contribution is -0.143. The van der Waals surface area contributed by atoms with E-state index in [9.17, 15) is 18.3 Å². The number of nitrogens with one attached hydrogen (secondary N) is 1. The molecule has 39 heavy (non-hydrogen) atoms. The van der Waals surface area contributed by atoms with Crippen LogP contribution >= 0.6 is 11.3 Å². The van der Waals surface area contributed by atoms with Gasteiger partial charge < -0.3 is 10.0 Å². The molecule has 0 radical (unpaired) electrons. The van der Waals surface area contributed by atoms with Crippen LogP contribution in [0.15, 0.2) is 54.1 Å². The van der Waals surface area contributed by atoms with E-state index >= 15 is 0 Å². The van der Waals surface area contributed by atoms with E-state index in [1.807, 2.05) is 19.1 Å². The monoisotopic (exact) mass is 568 g/mol. The minimum absolute atomic E-state index is 0.0139. The fourth-order valence-electron chi connectivity index (χ4n) is 6.87. The molecular formula is C29H36N4O4S2. The predicted octanol–water partition coefficient (Wildman–Crippen LogP) is 4.83. The molecule has 2 N–H and O–H groups in total. The van der Waals surface area contributed by atoms with Crippen LogP contribution in [0.2, 0.25) is 0 Å². The molecule has 10 heteroatoms. The van der Waals surface area contributed by atoms with E-state index in [-0.39, 0.29) is 39.9 Å². The zero-order chi connectivity index (χ0) is 28.1. The van der Waals surface area contributed by atoms with Crippen LogP contribution in [-0.2, 0) is 21.2 Å². The third-order valence-electron chi connectivity index (χ3n) is 8.84. The van der Waals surface area contributed by atoms with Crippen LogP contribution in [0.3, 0.4) is 0 Å². The highest BCUT2D eigenvalue weighted by Gasteiger charge is 2.54. The number of sulfonamides is 1. The van der Waals surface area contributed by atoms with Gasteiger partial charge in [-0.05, 0) is 48.6 Å². The molecule has 5 rings (SSSR count). The summed E-state index contributed by atoms with van der Waals surface area (Å²) in [5, 5.41) is 12.7. The van der Waals surface area contributed by atoms with Gasteiger partial charge >= 0.3 is 0 Å². The molecule has 2 aromatic heterocycles. The Morgan fingerprint density at radius 3 is 2.85 bits per heavy atom. The zero-order valence-electron chi connectivity index (χ0n) is 22.8. The SMILES string of the molecule is C=CCN(C)C(=O)[C@@H](C)[C@H]1CC[C@@]2(C)Cc3sc(NS(=O)(=O)c4cccc5cccnc45)nc3[C@@H](C)[C@@H]2[C@H]1O. The van der Waals surface area contributed by atoms with Gasteiger partial charge in [0.2, 0.25) is 5.91 Å². The van der Waals surface area contributed by atoms with Gasteiger partial charge in [-0.25, -0.2) is 13.4 Å². The first-order valence-electron chi connectivity index (χ1n) is 13.4. The van der Waals surface area contributed by atoms with E-state index in [1.165, 1.54) is 11.3 Å². The Hall–Kier alpha value is -2.82. The van der Waals surface area contributed by atoms with Crippen LogP contribution in [0.1, 0.15) is 50.1 Å². The average Bonchev–Trinajstić information content (AvgIpc) is 3.28. The highest BCUT2D eigenvalue weighted by atomic mass is 32.2. The number of pyridine rings is 1. The van der Waals surface area contributed by atoms with Crippen LogP contribution in [0.4, 0.5) is 5.13 Å². The molecule has 0 unspecified atom stereocenters. The van der Waals surface area contributed by atoms with Crippen molar-refractivity contribution in [2.75, 3.05) is 18.3 Å². The summed E-state index contributed by atoms with van der Waals surface area (Å²) in [6.45, 7) is 10.4. The molecule has 0 bridgehead atoms. The maximum Gasteiger partial charge on any atom is 0.265 e. The normalized spacial score (nSPS) is 27.3. The van der Waals surface area contributed by atoms with E-state index in [1.54, 1.807) is 42.4 Å². The Morgan fingerprint density at radius 1 is 1.36 bits per heavy atom. The fourth-order valence-corrected chi connectivity index (χ4v) is 9.55. The third-order valence-corrected chi connectivity index (χ3v) is 11.3. The van der Waals surface area contributed by atoms with E-state index in [0.29, 0.717) is 17.2 Å². The number of benzene rings is 1. The van der Waals surface area contributed by atoms with Crippen LogP contribution in [-0.4, -0.2) is 54.0 Å². The summed E-state index contributed by atoms with van der Waals surface area (Å²) in [7, 11) is -2.15. The number of aliphatic hydroxyl groups excluding tert-OH is 1. The van der Waals surface area contributed by atoms with Gasteiger partial charge in [0.1, 0.15) is 4.90 Å². The van der Waals surface area contributed by atoms with Crippen LogP contribution < -0.4 is 4.72 Å². The van der Waals surface area contributed by atoms with Gasteiger partial charge in [0.15, 0.2) is 5.13 Å². The van der Waals surface area contributed by atoms with Crippen molar-refractivity contribution in [3.8, 4) is 0 Å². The standard InChI is InChI=1S/C29H36N4O4S2/c1-6-15-33(5)27(35)17(2)20-12-13-29(4)16-21-24(18(3)23(29)26(20)34)31-28(38-21)32-39(36,37)22-11-7-9-19-10-8-14-30-25(19)22/h6-11,14,17-18,20,23,26,34H,1,12-13,15-16H2,2-5H3,(H,31,32)/t17-,18-,20+,23+,26-,29-/m0/s1. The number of rotatable bonds is 7. The molecule has 8 nitrogen and oxygen atoms in total. The topological polar surface area (TPSA) is 112 Å². The number of carbonyl (C=O) groups is 1. The van der Waals surface area contributed by atoms with Crippen molar-refractivity contribution in [1.82, 2.24) is 14.9 Å². The van der Waals surface area contributed by atoms with Gasteiger partial charge in [-0.2, -0.15) is 0 Å². The van der Waals surface area contributed by atoms with Gasteiger partial charge in [-0.15, -0.1) is 17.9 Å². The van der Waals surface area contributed by atoms with Crippen molar-refractivity contribution in [3.05, 3.63) is 59.8 Å². The van der Waals surface area contributed by atoms with Crippen molar-refractivity contribution in [2.24, 2.45) is 23.2 Å². The maximum absolute atomic E-state index is 13.4. The molecule has 0 saturated heterocycles. The van der Waals surface area contributed by atoms with Crippen LogP contribution in [0.5, 0.6) is 0 Å². The van der Waals surface area contributed by atoms with Crippen molar-refractivity contribution >= 4 is 43.3 Å². The number of aromatic nitrogens is 2. The number of thiazole rings is 1. The Kier molecular flexibility index (Phi) is 7.32. The minimum Gasteiger partial charge on any atom is -0.392 e. The van der Waals surface area contributed by atoms with Crippen molar-refractivity contribution in [2.45, 2.75) is 57.0 Å². The second kappa shape index (κ2) is 10.3. The van der Waals surface area contributed by atoms with Crippen LogP contribution in [0, 0.1) is 23.2 Å². The number of hydrogen-bond donors (Lipinski definition) is 2. The molecular weight excluding hydrogens is 532 g/mol. The lowest BCUT2D eigenvalue weighted by atomic mass is 9.53. The molecule has 2 aliphatic carbocycles. The van der Waals surface area contributed by atoms with Crippen molar-refractivity contribution < 1.29 is 18.3 Å². The summed E-state index contributed by atoms with van der Waals surface area (Å²) in [4.78, 5) is 24.9. The Bertz CT molecular complexity index is 1520. The van der Waals surface area contributed by atoms with Gasteiger partial charge in [0.05, 0.1) is 17.3 Å². The number of nitrogens with zero attached hydrogens (tertiary/aromatic N) is 3. The predicted molar refractivity (Wildman–Crippen MR) is 154 cm³/mol. The first kappa shape index (κ1) is 27.7. The minimum atomic E-state index is -3.91. The summed E-state index contributed by atoms with van der Waals surface area (Å²) in [5.74, 6) is -0.617. The van der Waals surface area contributed by atoms with Gasteiger partial charge in [-0.1, -0.05) is 45.0 Å². The van der Waals surface area contributed by atoms with Crippen LogP contribution in [0.25, 0.3) is 10.9 Å². The second-order valence-electron chi connectivity index (χ2n) is 11.4. The van der Waals surface area contributed by atoms with Gasteiger partial charge in [0, 0.05) is 41.9 Å². The molecule has 2 aliphatic rings. The summed E-state index contributed by atoms with van der Waals surface area (Å²) < 4.78 is 29.5. The quantitative estimate of drug-likeness (QED) is 0.395. The zero-order valence-corrected chi connectivity index (χ0v) is 24.4. The molecule has 3 aromatic rings. The first-order valence-corrected chi connectivity index (χ1v) is 15.7. The largest absolute Gasteiger partial charge is 0.392 e. The summed E-state index contributed by atoms with van der Waals surface area (Å²) in [6, 6.07) is 8.69. The Morgan fingerprint density at radius 2 is 2.10 bits per heavy atom. The maximum atomic E-state index is 13.4. The smallest absolute Gasteiger partial charge is 0.265 e. The average molecular weight is 569 g/mol. The summed E-state index contributed by atoms with van der Waals surface area (Å²) >= 11 is 1.37. The summed E-state index contributed by atoms with van der Waals surface area (Å²) in [6.07, 6.45) is 4.98. The molecule has 6 atom stereocenters.